The first-order valence-electron chi connectivity index (χ1n) is 6.91. The highest BCUT2D eigenvalue weighted by molar-refractivity contribution is 5.76. The summed E-state index contributed by atoms with van der Waals surface area (Å²) >= 11 is 0. The van der Waals surface area contributed by atoms with Crippen LogP contribution in [0.2, 0.25) is 0 Å². The molecular weight excluding hydrogens is 236 g/mol. The van der Waals surface area contributed by atoms with Crippen molar-refractivity contribution in [2.45, 2.75) is 25.8 Å². The van der Waals surface area contributed by atoms with Crippen molar-refractivity contribution >= 4 is 16.9 Å². The molecule has 1 fully saturated rings. The average Bonchev–Trinajstić information content (AvgIpc) is 3.23. The molecule has 1 N–H and O–H groups in total. The van der Waals surface area contributed by atoms with Crippen LogP contribution < -0.4 is 5.32 Å². The molecule has 2 aromatic rings. The van der Waals surface area contributed by atoms with E-state index in [9.17, 15) is 0 Å². The molecule has 0 amide bonds. The number of hydrogen-bond acceptors (Lipinski definition) is 4. The number of nitrogens with zero attached hydrogens (tertiary/aromatic N) is 3. The van der Waals surface area contributed by atoms with Gasteiger partial charge in [0.1, 0.15) is 5.82 Å². The van der Waals surface area contributed by atoms with Crippen molar-refractivity contribution in [2.24, 2.45) is 0 Å². The van der Waals surface area contributed by atoms with Crippen molar-refractivity contribution in [3.63, 3.8) is 0 Å². The maximum Gasteiger partial charge on any atom is 0.148 e. The van der Waals surface area contributed by atoms with E-state index in [1.54, 1.807) is 0 Å². The second kappa shape index (κ2) is 5.13. The molecule has 1 aromatic heterocycles. The third-order valence-electron chi connectivity index (χ3n) is 3.67. The van der Waals surface area contributed by atoms with Crippen LogP contribution in [0.25, 0.3) is 11.0 Å². The Labute approximate surface area is 113 Å². The highest BCUT2D eigenvalue weighted by atomic mass is 15.2. The summed E-state index contributed by atoms with van der Waals surface area (Å²) in [5.41, 5.74) is 2.87. The van der Waals surface area contributed by atoms with E-state index in [1.165, 1.54) is 12.8 Å². The Balaban J connectivity index is 1.67. The summed E-state index contributed by atoms with van der Waals surface area (Å²) in [5, 5.41) is 3.40. The van der Waals surface area contributed by atoms with Gasteiger partial charge >= 0.3 is 0 Å². The van der Waals surface area contributed by atoms with Gasteiger partial charge in [0, 0.05) is 19.1 Å². The van der Waals surface area contributed by atoms with Crippen LogP contribution >= 0.6 is 0 Å². The second-order valence-electron chi connectivity index (χ2n) is 5.28. The Bertz CT molecular complexity index is 577. The minimum atomic E-state index is 0.811. The predicted octanol–water partition coefficient (Wildman–Crippen LogP) is 2.44. The van der Waals surface area contributed by atoms with Crippen LogP contribution in [0.5, 0.6) is 0 Å². The number of benzene rings is 1. The molecule has 19 heavy (non-hydrogen) atoms. The molecule has 0 bridgehead atoms. The summed E-state index contributed by atoms with van der Waals surface area (Å²) < 4.78 is 0. The van der Waals surface area contributed by atoms with Gasteiger partial charge in [-0.05, 0) is 38.9 Å². The molecule has 3 rings (SSSR count). The molecule has 100 valence electrons. The molecule has 1 heterocycles. The van der Waals surface area contributed by atoms with Crippen molar-refractivity contribution in [3.8, 4) is 0 Å². The SMILES string of the molecule is Cc1nc2ccccc2nc1NCCN(C)C1CC1. The molecule has 0 aliphatic heterocycles. The third-order valence-corrected chi connectivity index (χ3v) is 3.67. The maximum atomic E-state index is 4.64. The van der Waals surface area contributed by atoms with Crippen LogP contribution in [0.15, 0.2) is 24.3 Å². The summed E-state index contributed by atoms with van der Waals surface area (Å²) in [6.45, 7) is 3.98. The molecule has 0 atom stereocenters. The fourth-order valence-electron chi connectivity index (χ4n) is 2.30. The number of aromatic nitrogens is 2. The first kappa shape index (κ1) is 12.4. The summed E-state index contributed by atoms with van der Waals surface area (Å²) in [5.74, 6) is 0.905. The summed E-state index contributed by atoms with van der Waals surface area (Å²) in [6, 6.07) is 8.81. The zero-order valence-electron chi connectivity index (χ0n) is 11.6. The lowest BCUT2D eigenvalue weighted by atomic mass is 10.3. The van der Waals surface area contributed by atoms with Gasteiger partial charge in [0.25, 0.3) is 0 Å². The lowest BCUT2D eigenvalue weighted by Crippen LogP contribution is -2.27. The van der Waals surface area contributed by atoms with Gasteiger partial charge in [-0.1, -0.05) is 12.1 Å². The smallest absolute Gasteiger partial charge is 0.148 e. The van der Waals surface area contributed by atoms with Gasteiger partial charge in [0.05, 0.1) is 16.7 Å². The number of fused-ring (bicyclic) bond motifs is 1. The van der Waals surface area contributed by atoms with Crippen molar-refractivity contribution in [3.05, 3.63) is 30.0 Å². The van der Waals surface area contributed by atoms with Gasteiger partial charge in [0.2, 0.25) is 0 Å². The van der Waals surface area contributed by atoms with Gasteiger partial charge in [-0.15, -0.1) is 0 Å². The molecule has 0 spiro atoms. The molecule has 1 saturated carbocycles. The fraction of sp³-hybridized carbons (Fsp3) is 0.467. The van der Waals surface area contributed by atoms with Gasteiger partial charge in [-0.25, -0.2) is 9.97 Å². The zero-order chi connectivity index (χ0) is 13.2. The highest BCUT2D eigenvalue weighted by Crippen LogP contribution is 2.24. The van der Waals surface area contributed by atoms with E-state index in [-0.39, 0.29) is 0 Å². The van der Waals surface area contributed by atoms with E-state index in [4.69, 9.17) is 0 Å². The molecule has 1 aromatic carbocycles. The first-order chi connectivity index (χ1) is 9.24. The van der Waals surface area contributed by atoms with E-state index in [0.717, 1.165) is 41.7 Å². The van der Waals surface area contributed by atoms with Gasteiger partial charge in [0.15, 0.2) is 0 Å². The van der Waals surface area contributed by atoms with Crippen LogP contribution in [0.3, 0.4) is 0 Å². The fourth-order valence-corrected chi connectivity index (χ4v) is 2.30. The number of anilines is 1. The normalized spacial score (nSPS) is 15.1. The van der Waals surface area contributed by atoms with Crippen LogP contribution in [-0.2, 0) is 0 Å². The van der Waals surface area contributed by atoms with E-state index < -0.39 is 0 Å². The lowest BCUT2D eigenvalue weighted by Gasteiger charge is -2.16. The quantitative estimate of drug-likeness (QED) is 0.892. The molecule has 1 aliphatic carbocycles. The predicted molar refractivity (Wildman–Crippen MR) is 78.4 cm³/mol. The average molecular weight is 256 g/mol. The Morgan fingerprint density at radius 2 is 1.89 bits per heavy atom. The monoisotopic (exact) mass is 256 g/mol. The molecule has 4 nitrogen and oxygen atoms in total. The summed E-state index contributed by atoms with van der Waals surface area (Å²) in [7, 11) is 2.19. The Morgan fingerprint density at radius 1 is 1.21 bits per heavy atom. The minimum Gasteiger partial charge on any atom is -0.367 e. The number of aryl methyl sites for hydroxylation is 1. The molecule has 4 heteroatoms. The van der Waals surface area contributed by atoms with Crippen molar-refractivity contribution < 1.29 is 0 Å². The first-order valence-corrected chi connectivity index (χ1v) is 6.91. The number of likely N-dealkylation sites (N-methyl/N-ethyl adjacent to an activating group) is 1. The largest absolute Gasteiger partial charge is 0.367 e. The Morgan fingerprint density at radius 3 is 2.58 bits per heavy atom. The number of rotatable bonds is 5. The van der Waals surface area contributed by atoms with E-state index >= 15 is 0 Å². The molecule has 1 aliphatic rings. The van der Waals surface area contributed by atoms with E-state index in [0.29, 0.717) is 0 Å². The van der Waals surface area contributed by atoms with Gasteiger partial charge in [-0.3, -0.25) is 0 Å². The van der Waals surface area contributed by atoms with Crippen LogP contribution in [-0.4, -0.2) is 41.0 Å². The van der Waals surface area contributed by atoms with Crippen molar-refractivity contribution in [2.75, 3.05) is 25.5 Å². The second-order valence-corrected chi connectivity index (χ2v) is 5.28. The summed E-state index contributed by atoms with van der Waals surface area (Å²) in [6.07, 6.45) is 2.70. The molecule has 0 unspecified atom stereocenters. The molecular formula is C15H20N4. The topological polar surface area (TPSA) is 41.1 Å². The van der Waals surface area contributed by atoms with Crippen molar-refractivity contribution in [1.82, 2.24) is 14.9 Å². The number of para-hydroxylation sites is 2. The molecule has 0 radical (unpaired) electrons. The van der Waals surface area contributed by atoms with Crippen molar-refractivity contribution in [1.29, 1.82) is 0 Å². The third kappa shape index (κ3) is 2.84. The van der Waals surface area contributed by atoms with Gasteiger partial charge in [-0.2, -0.15) is 0 Å². The van der Waals surface area contributed by atoms with Crippen LogP contribution in [0.4, 0.5) is 5.82 Å². The van der Waals surface area contributed by atoms with Crippen LogP contribution in [0, 0.1) is 6.92 Å². The van der Waals surface area contributed by atoms with E-state index in [2.05, 4.69) is 27.2 Å². The Hall–Kier alpha value is -1.68. The molecule has 0 saturated heterocycles. The van der Waals surface area contributed by atoms with Gasteiger partial charge < -0.3 is 10.2 Å². The number of nitrogens with one attached hydrogen (secondary N) is 1. The Kier molecular flexibility index (Phi) is 3.34. The standard InChI is InChI=1S/C15H20N4/c1-11-15(16-9-10-19(2)12-7-8-12)18-14-6-4-3-5-13(14)17-11/h3-6,12H,7-10H2,1-2H3,(H,16,18). The number of hydrogen-bond donors (Lipinski definition) is 1. The minimum absolute atomic E-state index is 0.811. The van der Waals surface area contributed by atoms with E-state index in [1.807, 2.05) is 31.2 Å². The lowest BCUT2D eigenvalue weighted by molar-refractivity contribution is 0.337. The zero-order valence-corrected chi connectivity index (χ0v) is 11.6. The van der Waals surface area contributed by atoms with Crippen LogP contribution in [0.1, 0.15) is 18.5 Å². The highest BCUT2D eigenvalue weighted by Gasteiger charge is 2.25. The maximum absolute atomic E-state index is 4.64. The summed E-state index contributed by atoms with van der Waals surface area (Å²) in [4.78, 5) is 11.6.